The molecule has 0 bridgehead atoms. The predicted octanol–water partition coefficient (Wildman–Crippen LogP) is 1.87. The van der Waals surface area contributed by atoms with Crippen LogP contribution in [0.2, 0.25) is 0 Å². The standard InChI is InChI=1S/C15H18BrN3O2/c1-4-19(10-11-7-5-6-8-12(11)16)13-9-14(20)18(3)15(21)17(13)2/h5-9H,4,10H2,1-3H3. The summed E-state index contributed by atoms with van der Waals surface area (Å²) in [5.41, 5.74) is 0.495. The highest BCUT2D eigenvalue weighted by Gasteiger charge is 2.13. The first kappa shape index (κ1) is 15.6. The highest BCUT2D eigenvalue weighted by atomic mass is 79.9. The number of hydrogen-bond acceptors (Lipinski definition) is 3. The second kappa shape index (κ2) is 6.30. The number of hydrogen-bond donors (Lipinski definition) is 0. The summed E-state index contributed by atoms with van der Waals surface area (Å²) < 4.78 is 3.62. The molecule has 0 saturated heterocycles. The summed E-state index contributed by atoms with van der Waals surface area (Å²) in [4.78, 5) is 25.9. The van der Waals surface area contributed by atoms with Gasteiger partial charge >= 0.3 is 5.69 Å². The second-order valence-electron chi connectivity index (χ2n) is 4.85. The maximum Gasteiger partial charge on any atom is 0.332 e. The van der Waals surface area contributed by atoms with Gasteiger partial charge in [-0.15, -0.1) is 0 Å². The van der Waals surface area contributed by atoms with Crippen LogP contribution < -0.4 is 16.1 Å². The quantitative estimate of drug-likeness (QED) is 0.844. The molecular formula is C15H18BrN3O2. The highest BCUT2D eigenvalue weighted by molar-refractivity contribution is 9.10. The molecule has 21 heavy (non-hydrogen) atoms. The van der Waals surface area contributed by atoms with Gasteiger partial charge in [-0.2, -0.15) is 0 Å². The van der Waals surface area contributed by atoms with Gasteiger partial charge < -0.3 is 4.90 Å². The van der Waals surface area contributed by atoms with E-state index in [4.69, 9.17) is 0 Å². The minimum absolute atomic E-state index is 0.293. The van der Waals surface area contributed by atoms with E-state index >= 15 is 0 Å². The third-order valence-corrected chi connectivity index (χ3v) is 4.30. The summed E-state index contributed by atoms with van der Waals surface area (Å²) in [5, 5.41) is 0. The second-order valence-corrected chi connectivity index (χ2v) is 5.70. The zero-order chi connectivity index (χ0) is 15.6. The molecule has 0 aliphatic heterocycles. The van der Waals surface area contributed by atoms with E-state index in [2.05, 4.69) is 15.9 Å². The largest absolute Gasteiger partial charge is 0.354 e. The molecule has 1 aromatic heterocycles. The van der Waals surface area contributed by atoms with Gasteiger partial charge in [-0.25, -0.2) is 4.79 Å². The molecule has 2 aromatic rings. The first-order valence-electron chi connectivity index (χ1n) is 6.71. The summed E-state index contributed by atoms with van der Waals surface area (Å²) in [6.07, 6.45) is 0. The van der Waals surface area contributed by atoms with E-state index in [0.717, 1.165) is 14.6 Å². The van der Waals surface area contributed by atoms with Gasteiger partial charge in [0.15, 0.2) is 0 Å². The van der Waals surface area contributed by atoms with Gasteiger partial charge in [-0.3, -0.25) is 13.9 Å². The fourth-order valence-electron chi connectivity index (χ4n) is 2.21. The monoisotopic (exact) mass is 351 g/mol. The molecular weight excluding hydrogens is 334 g/mol. The number of anilines is 1. The van der Waals surface area contributed by atoms with Gasteiger partial charge in [0.1, 0.15) is 5.82 Å². The molecule has 0 N–H and O–H groups in total. The number of nitrogens with zero attached hydrogens (tertiary/aromatic N) is 3. The van der Waals surface area contributed by atoms with Crippen molar-refractivity contribution in [3.05, 3.63) is 61.2 Å². The van der Waals surface area contributed by atoms with Gasteiger partial charge in [0.25, 0.3) is 5.56 Å². The Kier molecular flexibility index (Phi) is 4.67. The number of aromatic nitrogens is 2. The molecule has 0 spiro atoms. The molecule has 6 heteroatoms. The van der Waals surface area contributed by atoms with Crippen LogP contribution >= 0.6 is 15.9 Å². The van der Waals surface area contributed by atoms with Crippen LogP contribution in [0.5, 0.6) is 0 Å². The Morgan fingerprint density at radius 1 is 1.14 bits per heavy atom. The van der Waals surface area contributed by atoms with Crippen molar-refractivity contribution in [1.29, 1.82) is 0 Å². The minimum Gasteiger partial charge on any atom is -0.354 e. The SMILES string of the molecule is CCN(Cc1ccccc1Br)c1cc(=O)n(C)c(=O)n1C. The fourth-order valence-corrected chi connectivity index (χ4v) is 2.62. The minimum atomic E-state index is -0.317. The lowest BCUT2D eigenvalue weighted by molar-refractivity contribution is 0.659. The van der Waals surface area contributed by atoms with E-state index in [-0.39, 0.29) is 11.2 Å². The lowest BCUT2D eigenvalue weighted by Crippen LogP contribution is -2.40. The van der Waals surface area contributed by atoms with Crippen molar-refractivity contribution in [1.82, 2.24) is 9.13 Å². The van der Waals surface area contributed by atoms with E-state index in [1.807, 2.05) is 36.1 Å². The molecule has 5 nitrogen and oxygen atoms in total. The van der Waals surface area contributed by atoms with Crippen molar-refractivity contribution in [2.75, 3.05) is 11.4 Å². The summed E-state index contributed by atoms with van der Waals surface area (Å²) in [7, 11) is 3.17. The zero-order valence-electron chi connectivity index (χ0n) is 12.3. The van der Waals surface area contributed by atoms with Gasteiger partial charge in [0.2, 0.25) is 0 Å². The first-order valence-corrected chi connectivity index (χ1v) is 7.50. The predicted molar refractivity (Wildman–Crippen MR) is 87.8 cm³/mol. The lowest BCUT2D eigenvalue weighted by atomic mass is 10.2. The van der Waals surface area contributed by atoms with Crippen LogP contribution in [0.4, 0.5) is 5.82 Å². The van der Waals surface area contributed by atoms with E-state index < -0.39 is 0 Å². The van der Waals surface area contributed by atoms with Gasteiger partial charge in [0, 0.05) is 37.7 Å². The van der Waals surface area contributed by atoms with Crippen molar-refractivity contribution in [3.63, 3.8) is 0 Å². The Morgan fingerprint density at radius 2 is 1.81 bits per heavy atom. The average Bonchev–Trinajstić information content (AvgIpc) is 2.48. The molecule has 0 aliphatic rings. The molecule has 1 heterocycles. The molecule has 0 atom stereocenters. The third kappa shape index (κ3) is 3.10. The summed E-state index contributed by atoms with van der Waals surface area (Å²) >= 11 is 3.52. The highest BCUT2D eigenvalue weighted by Crippen LogP contribution is 2.20. The lowest BCUT2D eigenvalue weighted by Gasteiger charge is -2.25. The topological polar surface area (TPSA) is 47.2 Å². The van der Waals surface area contributed by atoms with E-state index in [1.54, 1.807) is 7.05 Å². The van der Waals surface area contributed by atoms with Crippen LogP contribution in [0.3, 0.4) is 0 Å². The summed E-state index contributed by atoms with van der Waals surface area (Å²) in [6, 6.07) is 9.43. The van der Waals surface area contributed by atoms with Gasteiger partial charge in [-0.05, 0) is 18.6 Å². The molecule has 0 saturated carbocycles. The van der Waals surface area contributed by atoms with E-state index in [0.29, 0.717) is 18.9 Å². The van der Waals surface area contributed by atoms with Crippen molar-refractivity contribution in [2.45, 2.75) is 13.5 Å². The third-order valence-electron chi connectivity index (χ3n) is 3.53. The Hall–Kier alpha value is -1.82. The maximum atomic E-state index is 12.0. The van der Waals surface area contributed by atoms with Crippen molar-refractivity contribution < 1.29 is 0 Å². The number of rotatable bonds is 4. The van der Waals surface area contributed by atoms with Gasteiger partial charge in [0.05, 0.1) is 0 Å². The smallest absolute Gasteiger partial charge is 0.332 e. The molecule has 0 fully saturated rings. The maximum absolute atomic E-state index is 12.0. The van der Waals surface area contributed by atoms with Gasteiger partial charge in [-0.1, -0.05) is 34.1 Å². The van der Waals surface area contributed by atoms with Crippen LogP contribution in [0.1, 0.15) is 12.5 Å². The Bertz CT molecular complexity index is 764. The molecule has 0 radical (unpaired) electrons. The number of benzene rings is 1. The molecule has 0 amide bonds. The van der Waals surface area contributed by atoms with Crippen LogP contribution in [-0.2, 0) is 20.6 Å². The van der Waals surface area contributed by atoms with E-state index in [1.165, 1.54) is 17.7 Å². The average molecular weight is 352 g/mol. The normalized spacial score (nSPS) is 10.7. The van der Waals surface area contributed by atoms with Crippen LogP contribution in [0, 0.1) is 0 Å². The van der Waals surface area contributed by atoms with Crippen LogP contribution in [0.25, 0.3) is 0 Å². The molecule has 2 rings (SSSR count). The zero-order valence-corrected chi connectivity index (χ0v) is 13.9. The van der Waals surface area contributed by atoms with Crippen LogP contribution in [-0.4, -0.2) is 15.7 Å². The Morgan fingerprint density at radius 3 is 2.43 bits per heavy atom. The fraction of sp³-hybridized carbons (Fsp3) is 0.333. The van der Waals surface area contributed by atoms with Crippen LogP contribution in [0.15, 0.2) is 44.4 Å². The van der Waals surface area contributed by atoms with Crippen molar-refractivity contribution in [2.24, 2.45) is 14.1 Å². The molecule has 1 aromatic carbocycles. The first-order chi connectivity index (χ1) is 9.95. The Balaban J connectivity index is 2.46. The van der Waals surface area contributed by atoms with E-state index in [9.17, 15) is 9.59 Å². The van der Waals surface area contributed by atoms with Crippen molar-refractivity contribution >= 4 is 21.7 Å². The van der Waals surface area contributed by atoms with Crippen molar-refractivity contribution in [3.8, 4) is 0 Å². The molecule has 0 aliphatic carbocycles. The molecule has 0 unspecified atom stereocenters. The number of halogens is 1. The molecule has 112 valence electrons. The Labute approximate surface area is 131 Å². The summed E-state index contributed by atoms with van der Waals surface area (Å²) in [5.74, 6) is 0.626. The summed E-state index contributed by atoms with van der Waals surface area (Å²) in [6.45, 7) is 3.32.